The maximum absolute atomic E-state index is 11.2. The molecule has 0 aliphatic heterocycles. The average Bonchev–Trinajstić information content (AvgIpc) is 2.96. The molecule has 2 heterocycles. The maximum atomic E-state index is 11.2. The smallest absolute Gasteiger partial charge is 0.300 e. The Morgan fingerprint density at radius 2 is 1.50 bits per heavy atom. The summed E-state index contributed by atoms with van der Waals surface area (Å²) in [6, 6.07) is 3.00. The zero-order chi connectivity index (χ0) is 16.9. The number of hydrogen-bond donors (Lipinski definition) is 4. The number of primary amides is 1. The van der Waals surface area contributed by atoms with E-state index in [9.17, 15) is 14.2 Å². The first kappa shape index (κ1) is 17.7. The highest BCUT2D eigenvalue weighted by atomic mass is 31.2. The molecule has 0 radical (unpaired) electrons. The second-order valence-corrected chi connectivity index (χ2v) is 5.94. The number of hydrogen-bond acceptors (Lipinski definition) is 5. The minimum absolute atomic E-state index is 0.274. The molecule has 7 N–H and O–H groups in total. The molecule has 2 aromatic heterocycles. The fourth-order valence-electron chi connectivity index (χ4n) is 1.48. The molecule has 0 aliphatic carbocycles. The molecule has 2 amide bonds. The van der Waals surface area contributed by atoms with E-state index >= 15 is 0 Å². The quantitative estimate of drug-likeness (QED) is 0.610. The van der Waals surface area contributed by atoms with Crippen LogP contribution in [-0.2, 0) is 4.57 Å². The summed E-state index contributed by atoms with van der Waals surface area (Å²) in [5, 5.41) is 1.97. The molecule has 10 heteroatoms. The van der Waals surface area contributed by atoms with Gasteiger partial charge in [-0.15, -0.1) is 0 Å². The monoisotopic (exact) mass is 328 g/mol. The van der Waals surface area contributed by atoms with Crippen LogP contribution in [0.3, 0.4) is 0 Å². The zero-order valence-corrected chi connectivity index (χ0v) is 12.9. The number of rotatable bonds is 3. The summed E-state index contributed by atoms with van der Waals surface area (Å²) in [6.45, 7) is 3.30. The van der Waals surface area contributed by atoms with E-state index in [-0.39, 0.29) is 5.56 Å². The van der Waals surface area contributed by atoms with Gasteiger partial charge in [-0.3, -0.25) is 30.2 Å². The molecule has 0 saturated heterocycles. The van der Waals surface area contributed by atoms with Crippen molar-refractivity contribution in [3.8, 4) is 0 Å². The van der Waals surface area contributed by atoms with E-state index in [1.165, 1.54) is 18.6 Å². The maximum Gasteiger partial charge on any atom is 0.300 e. The molecule has 0 spiro atoms. The van der Waals surface area contributed by atoms with Crippen molar-refractivity contribution >= 4 is 19.4 Å². The number of carbonyl (C=O) groups excluding carboxylic acids is 2. The van der Waals surface area contributed by atoms with Crippen LogP contribution < -0.4 is 21.8 Å². The molecule has 0 bridgehead atoms. The van der Waals surface area contributed by atoms with Crippen LogP contribution in [0.4, 0.5) is 0 Å². The molecule has 0 fully saturated rings. The van der Waals surface area contributed by atoms with E-state index in [0.29, 0.717) is 17.1 Å². The minimum atomic E-state index is -3.52. The summed E-state index contributed by atoms with van der Waals surface area (Å²) in [7, 11) is -3.52. The molecule has 0 unspecified atom stereocenters. The van der Waals surface area contributed by atoms with E-state index in [4.69, 9.17) is 25.6 Å². The Balaban J connectivity index is 0.000000235. The van der Waals surface area contributed by atoms with Crippen LogP contribution in [0.25, 0.3) is 0 Å². The lowest BCUT2D eigenvalue weighted by Gasteiger charge is -2.07. The van der Waals surface area contributed by atoms with E-state index in [1.807, 2.05) is 5.09 Å². The zero-order valence-electron chi connectivity index (χ0n) is 12.0. The minimum Gasteiger partial charge on any atom is -0.469 e. The number of carbonyl (C=O) groups is 2. The first-order valence-electron chi connectivity index (χ1n) is 5.99. The lowest BCUT2D eigenvalue weighted by atomic mass is 10.2. The van der Waals surface area contributed by atoms with Crippen LogP contribution in [0.5, 0.6) is 0 Å². The van der Waals surface area contributed by atoms with Crippen molar-refractivity contribution in [1.29, 1.82) is 0 Å². The molecule has 120 valence electrons. The Labute approximate surface area is 126 Å². The second-order valence-electron chi connectivity index (χ2n) is 4.30. The lowest BCUT2D eigenvalue weighted by molar-refractivity contribution is 0.0975. The molecule has 0 aliphatic rings. The number of aryl methyl sites for hydroxylation is 2. The van der Waals surface area contributed by atoms with Crippen LogP contribution in [0.2, 0.25) is 0 Å². The van der Waals surface area contributed by atoms with Gasteiger partial charge in [0.25, 0.3) is 11.8 Å². The Morgan fingerprint density at radius 1 is 1.05 bits per heavy atom. The predicted octanol–water partition coefficient (Wildman–Crippen LogP) is 1.03. The van der Waals surface area contributed by atoms with Crippen LogP contribution in [0.1, 0.15) is 32.2 Å². The summed E-state index contributed by atoms with van der Waals surface area (Å²) >= 11 is 0. The Kier molecular flexibility index (Phi) is 5.69. The van der Waals surface area contributed by atoms with Gasteiger partial charge in [-0.25, -0.2) is 0 Å². The summed E-state index contributed by atoms with van der Waals surface area (Å²) in [5.41, 5.74) is 15.6. The average molecular weight is 328 g/mol. The van der Waals surface area contributed by atoms with Crippen molar-refractivity contribution in [2.24, 2.45) is 16.7 Å². The SMILES string of the molecule is Cc1occc1C(=O)NP(N)(N)=O.Cc1occc1C(N)=O. The number of furan rings is 2. The summed E-state index contributed by atoms with van der Waals surface area (Å²) < 4.78 is 20.5. The number of nitrogens with two attached hydrogens (primary N) is 3. The van der Waals surface area contributed by atoms with E-state index < -0.39 is 19.4 Å². The molecule has 9 nitrogen and oxygen atoms in total. The highest BCUT2D eigenvalue weighted by Crippen LogP contribution is 2.20. The van der Waals surface area contributed by atoms with Gasteiger partial charge in [0.2, 0.25) is 0 Å². The summed E-state index contributed by atoms with van der Waals surface area (Å²) in [4.78, 5) is 21.7. The van der Waals surface area contributed by atoms with Crippen molar-refractivity contribution in [2.45, 2.75) is 13.8 Å². The number of amides is 2. The van der Waals surface area contributed by atoms with Gasteiger partial charge in [0, 0.05) is 0 Å². The Morgan fingerprint density at radius 3 is 1.77 bits per heavy atom. The molecule has 2 rings (SSSR count). The van der Waals surface area contributed by atoms with E-state index in [2.05, 4.69) is 0 Å². The standard InChI is InChI=1S/C6H10N3O3P.C6H7NO2/c1-4-5(2-3-12-4)6(10)9-13(7,8)11;1-4-5(6(7)8)2-3-9-4/h2-3H,1H3,(H5,7,8,9,10,11);2-3H,1H3,(H2,7,8). The van der Waals surface area contributed by atoms with Crippen molar-refractivity contribution in [1.82, 2.24) is 5.09 Å². The largest absolute Gasteiger partial charge is 0.469 e. The molecular formula is C12H17N4O5P. The van der Waals surface area contributed by atoms with Gasteiger partial charge in [-0.2, -0.15) is 0 Å². The topological polar surface area (TPSA) is 168 Å². The third-order valence-corrected chi connectivity index (χ3v) is 3.06. The van der Waals surface area contributed by atoms with Gasteiger partial charge in [-0.05, 0) is 26.0 Å². The normalized spacial score (nSPS) is 10.5. The van der Waals surface area contributed by atoms with Gasteiger partial charge in [0.05, 0.1) is 23.7 Å². The van der Waals surface area contributed by atoms with Crippen molar-refractivity contribution < 1.29 is 23.0 Å². The van der Waals surface area contributed by atoms with Crippen molar-refractivity contribution in [3.63, 3.8) is 0 Å². The summed E-state index contributed by atoms with van der Waals surface area (Å²) in [6.07, 6.45) is 2.79. The first-order valence-corrected chi connectivity index (χ1v) is 7.84. The summed E-state index contributed by atoms with van der Waals surface area (Å²) in [5.74, 6) is -0.0470. The molecular weight excluding hydrogens is 311 g/mol. The van der Waals surface area contributed by atoms with Gasteiger partial charge in [0.1, 0.15) is 11.5 Å². The molecule has 0 aromatic carbocycles. The van der Waals surface area contributed by atoms with E-state index in [0.717, 1.165) is 0 Å². The fraction of sp³-hybridized carbons (Fsp3) is 0.167. The first-order chi connectivity index (χ1) is 10.1. The van der Waals surface area contributed by atoms with Gasteiger partial charge < -0.3 is 14.6 Å². The third-order valence-electron chi connectivity index (χ3n) is 2.50. The van der Waals surface area contributed by atoms with Crippen LogP contribution in [0, 0.1) is 13.8 Å². The Bertz CT molecular complexity index is 715. The number of nitrogens with one attached hydrogen (secondary N) is 1. The third kappa shape index (κ3) is 5.21. The molecule has 0 atom stereocenters. The van der Waals surface area contributed by atoms with Crippen LogP contribution >= 0.6 is 7.59 Å². The predicted molar refractivity (Wildman–Crippen MR) is 78.9 cm³/mol. The fourth-order valence-corrected chi connectivity index (χ4v) is 1.92. The lowest BCUT2D eigenvalue weighted by Crippen LogP contribution is -2.28. The van der Waals surface area contributed by atoms with Crippen LogP contribution in [0.15, 0.2) is 33.5 Å². The Hall–Kier alpha value is -2.35. The molecule has 0 saturated carbocycles. The van der Waals surface area contributed by atoms with Crippen molar-refractivity contribution in [2.75, 3.05) is 0 Å². The van der Waals surface area contributed by atoms with Gasteiger partial charge in [-0.1, -0.05) is 0 Å². The van der Waals surface area contributed by atoms with Crippen molar-refractivity contribution in [3.05, 3.63) is 47.3 Å². The van der Waals surface area contributed by atoms with Gasteiger partial charge in [0.15, 0.2) is 0 Å². The highest BCUT2D eigenvalue weighted by molar-refractivity contribution is 7.57. The molecule has 22 heavy (non-hydrogen) atoms. The van der Waals surface area contributed by atoms with Gasteiger partial charge >= 0.3 is 7.59 Å². The highest BCUT2D eigenvalue weighted by Gasteiger charge is 2.17. The second kappa shape index (κ2) is 7.08. The van der Waals surface area contributed by atoms with Crippen LogP contribution in [-0.4, -0.2) is 11.8 Å². The molecule has 2 aromatic rings. The van der Waals surface area contributed by atoms with E-state index in [1.54, 1.807) is 19.9 Å².